The molecule has 0 heterocycles. The predicted molar refractivity (Wildman–Crippen MR) is 77.0 cm³/mol. The molecule has 0 radical (unpaired) electrons. The van der Waals surface area contributed by atoms with Crippen LogP contribution in [0, 0.1) is 0 Å². The van der Waals surface area contributed by atoms with Gasteiger partial charge in [0.25, 0.3) is 5.97 Å². The minimum absolute atomic E-state index is 0.178. The maximum Gasteiger partial charge on any atom is 0.300 e. The van der Waals surface area contributed by atoms with E-state index in [4.69, 9.17) is 9.90 Å². The molecule has 0 saturated heterocycles. The van der Waals surface area contributed by atoms with Crippen molar-refractivity contribution >= 4 is 18.6 Å². The third kappa shape index (κ3) is 5.06. The molecule has 0 spiro atoms. The zero-order chi connectivity index (χ0) is 13.4. The second kappa shape index (κ2) is 7.56. The minimum Gasteiger partial charge on any atom is -0.481 e. The van der Waals surface area contributed by atoms with E-state index >= 15 is 0 Å². The average molecular weight is 260 g/mol. The van der Waals surface area contributed by atoms with Gasteiger partial charge in [0.15, 0.2) is 0 Å². The number of carbonyl (C=O) groups is 1. The summed E-state index contributed by atoms with van der Waals surface area (Å²) in [6, 6.07) is 20.6. The number of carboxylic acids is 1. The van der Waals surface area contributed by atoms with E-state index in [2.05, 4.69) is 36.9 Å². The van der Waals surface area contributed by atoms with Gasteiger partial charge < -0.3 is 5.11 Å². The summed E-state index contributed by atoms with van der Waals surface area (Å²) in [5.74, 6) is -0.833. The first kappa shape index (κ1) is 14.3. The smallest absolute Gasteiger partial charge is 0.300 e. The van der Waals surface area contributed by atoms with E-state index in [1.54, 1.807) is 0 Å². The van der Waals surface area contributed by atoms with Crippen LogP contribution in [0.25, 0.3) is 0 Å². The Kier molecular flexibility index (Phi) is 6.01. The van der Waals surface area contributed by atoms with Gasteiger partial charge in [-0.2, -0.15) is 12.6 Å². The average Bonchev–Trinajstić information content (AvgIpc) is 2.39. The molecule has 2 aromatic rings. The maximum absolute atomic E-state index is 9.00. The van der Waals surface area contributed by atoms with Crippen LogP contribution >= 0.6 is 12.6 Å². The summed E-state index contributed by atoms with van der Waals surface area (Å²) in [5, 5.41) is 7.59. The van der Waals surface area contributed by atoms with Gasteiger partial charge in [-0.3, -0.25) is 4.79 Å². The Hall–Kier alpha value is -1.74. The van der Waals surface area contributed by atoms with Crippen molar-refractivity contribution in [3.05, 3.63) is 71.8 Å². The molecule has 3 heteroatoms. The number of carboxylic acid groups (broad SMARTS) is 1. The highest BCUT2D eigenvalue weighted by Gasteiger charge is 2.06. The van der Waals surface area contributed by atoms with E-state index in [1.165, 1.54) is 11.1 Å². The second-order valence-corrected chi connectivity index (χ2v) is 4.26. The van der Waals surface area contributed by atoms with Crippen LogP contribution in [-0.4, -0.2) is 11.1 Å². The fourth-order valence-corrected chi connectivity index (χ4v) is 1.81. The van der Waals surface area contributed by atoms with Crippen LogP contribution in [0.4, 0.5) is 0 Å². The summed E-state index contributed by atoms with van der Waals surface area (Å²) in [7, 11) is 0. The largest absolute Gasteiger partial charge is 0.481 e. The van der Waals surface area contributed by atoms with Crippen LogP contribution in [0.5, 0.6) is 0 Å². The molecule has 2 nitrogen and oxygen atoms in total. The van der Waals surface area contributed by atoms with E-state index < -0.39 is 5.97 Å². The van der Waals surface area contributed by atoms with E-state index in [-0.39, 0.29) is 5.25 Å². The number of rotatable bonds is 2. The Morgan fingerprint density at radius 1 is 0.944 bits per heavy atom. The van der Waals surface area contributed by atoms with Gasteiger partial charge in [0, 0.05) is 6.92 Å². The summed E-state index contributed by atoms with van der Waals surface area (Å²) in [5.41, 5.74) is 2.48. The molecular formula is C15H16O2S. The molecule has 0 aliphatic heterocycles. The molecule has 0 saturated carbocycles. The van der Waals surface area contributed by atoms with E-state index in [9.17, 15) is 0 Å². The Morgan fingerprint density at radius 2 is 1.22 bits per heavy atom. The molecule has 2 aromatic carbocycles. The van der Waals surface area contributed by atoms with Crippen LogP contribution in [0.3, 0.4) is 0 Å². The fourth-order valence-electron chi connectivity index (χ4n) is 1.46. The molecule has 0 aromatic heterocycles. The standard InChI is InChI=1S/C13H12S.C2H4O2/c14-13(11-7-3-1-4-8-11)12-9-5-2-6-10-12;1-2(3)4/h1-10,13-14H;1H3,(H,3,4). The number of aliphatic carboxylic acids is 1. The summed E-state index contributed by atoms with van der Waals surface area (Å²) < 4.78 is 0. The van der Waals surface area contributed by atoms with Crippen molar-refractivity contribution in [2.45, 2.75) is 12.2 Å². The van der Waals surface area contributed by atoms with Crippen molar-refractivity contribution < 1.29 is 9.90 Å². The van der Waals surface area contributed by atoms with Crippen molar-refractivity contribution in [1.82, 2.24) is 0 Å². The van der Waals surface area contributed by atoms with E-state index in [0.29, 0.717) is 0 Å². The van der Waals surface area contributed by atoms with Crippen molar-refractivity contribution in [2.24, 2.45) is 0 Å². The Morgan fingerprint density at radius 3 is 1.50 bits per heavy atom. The van der Waals surface area contributed by atoms with Gasteiger partial charge >= 0.3 is 0 Å². The molecule has 1 N–H and O–H groups in total. The summed E-state index contributed by atoms with van der Waals surface area (Å²) in [6.07, 6.45) is 0. The van der Waals surface area contributed by atoms with Crippen molar-refractivity contribution in [2.75, 3.05) is 0 Å². The van der Waals surface area contributed by atoms with Crippen LogP contribution < -0.4 is 0 Å². The molecule has 2 rings (SSSR count). The molecular weight excluding hydrogens is 244 g/mol. The van der Waals surface area contributed by atoms with Gasteiger partial charge in [-0.25, -0.2) is 0 Å². The highest BCUT2D eigenvalue weighted by molar-refractivity contribution is 7.80. The zero-order valence-corrected chi connectivity index (χ0v) is 11.0. The van der Waals surface area contributed by atoms with Crippen LogP contribution in [0.1, 0.15) is 23.3 Å². The molecule has 0 bridgehead atoms. The highest BCUT2D eigenvalue weighted by atomic mass is 32.1. The predicted octanol–water partition coefficient (Wildman–Crippen LogP) is 3.80. The van der Waals surface area contributed by atoms with Crippen LogP contribution in [-0.2, 0) is 4.79 Å². The normalized spacial score (nSPS) is 9.50. The van der Waals surface area contributed by atoms with Crippen molar-refractivity contribution in [1.29, 1.82) is 0 Å². The highest BCUT2D eigenvalue weighted by Crippen LogP contribution is 2.27. The summed E-state index contributed by atoms with van der Waals surface area (Å²) in [4.78, 5) is 9.00. The van der Waals surface area contributed by atoms with Gasteiger partial charge in [-0.05, 0) is 11.1 Å². The van der Waals surface area contributed by atoms with E-state index in [0.717, 1.165) is 6.92 Å². The quantitative estimate of drug-likeness (QED) is 0.806. The molecule has 0 aliphatic carbocycles. The Bertz CT molecular complexity index is 425. The summed E-state index contributed by atoms with van der Waals surface area (Å²) >= 11 is 4.61. The second-order valence-electron chi connectivity index (χ2n) is 3.74. The first-order chi connectivity index (χ1) is 8.61. The van der Waals surface area contributed by atoms with Crippen molar-refractivity contribution in [3.63, 3.8) is 0 Å². The minimum atomic E-state index is -0.833. The van der Waals surface area contributed by atoms with Gasteiger partial charge in [-0.1, -0.05) is 60.7 Å². The fraction of sp³-hybridized carbons (Fsp3) is 0.133. The topological polar surface area (TPSA) is 37.3 Å². The lowest BCUT2D eigenvalue weighted by Crippen LogP contribution is -1.91. The van der Waals surface area contributed by atoms with Gasteiger partial charge in [0.05, 0.1) is 5.25 Å². The Balaban J connectivity index is 0.000000357. The lowest BCUT2D eigenvalue weighted by atomic mass is 10.0. The third-order valence-corrected chi connectivity index (χ3v) is 2.83. The van der Waals surface area contributed by atoms with Gasteiger partial charge in [-0.15, -0.1) is 0 Å². The number of benzene rings is 2. The molecule has 94 valence electrons. The first-order valence-corrected chi connectivity index (χ1v) is 6.10. The Labute approximate surface area is 113 Å². The van der Waals surface area contributed by atoms with Crippen LogP contribution in [0.2, 0.25) is 0 Å². The third-order valence-electron chi connectivity index (χ3n) is 2.23. The van der Waals surface area contributed by atoms with Gasteiger partial charge in [0.2, 0.25) is 0 Å². The zero-order valence-electron chi connectivity index (χ0n) is 10.2. The molecule has 0 unspecified atom stereocenters. The SMILES string of the molecule is CC(=O)O.SC(c1ccccc1)c1ccccc1. The maximum atomic E-state index is 9.00. The lowest BCUT2D eigenvalue weighted by Gasteiger charge is -2.10. The van der Waals surface area contributed by atoms with Gasteiger partial charge in [0.1, 0.15) is 0 Å². The molecule has 0 aliphatic rings. The molecule has 0 fully saturated rings. The number of thiol groups is 1. The molecule has 0 amide bonds. The molecule has 18 heavy (non-hydrogen) atoms. The monoisotopic (exact) mass is 260 g/mol. The number of hydrogen-bond acceptors (Lipinski definition) is 2. The van der Waals surface area contributed by atoms with Crippen molar-refractivity contribution in [3.8, 4) is 0 Å². The first-order valence-electron chi connectivity index (χ1n) is 5.58. The number of hydrogen-bond donors (Lipinski definition) is 2. The molecule has 0 atom stereocenters. The van der Waals surface area contributed by atoms with Crippen LogP contribution in [0.15, 0.2) is 60.7 Å². The lowest BCUT2D eigenvalue weighted by molar-refractivity contribution is -0.134. The van der Waals surface area contributed by atoms with E-state index in [1.807, 2.05) is 36.4 Å². The summed E-state index contributed by atoms with van der Waals surface area (Å²) in [6.45, 7) is 1.08.